The molecule has 0 aliphatic carbocycles. The van der Waals surface area contributed by atoms with Crippen molar-refractivity contribution in [2.24, 2.45) is 0 Å². The van der Waals surface area contributed by atoms with E-state index in [1.807, 2.05) is 35.8 Å². The third-order valence-corrected chi connectivity index (χ3v) is 4.66. The zero-order chi connectivity index (χ0) is 16.5. The Morgan fingerprint density at radius 3 is 3.04 bits per heavy atom. The summed E-state index contributed by atoms with van der Waals surface area (Å²) in [6, 6.07) is 6.00. The number of fused-ring (bicyclic) bond motifs is 1. The molecule has 0 saturated heterocycles. The highest BCUT2D eigenvalue weighted by atomic mass is 32.1. The Labute approximate surface area is 142 Å². The van der Waals surface area contributed by atoms with Crippen molar-refractivity contribution in [3.8, 4) is 27.2 Å². The number of ether oxygens (including phenoxy) is 1. The van der Waals surface area contributed by atoms with Crippen LogP contribution in [0.3, 0.4) is 0 Å². The Balaban J connectivity index is 1.87. The van der Waals surface area contributed by atoms with Crippen molar-refractivity contribution in [2.75, 3.05) is 6.61 Å². The third kappa shape index (κ3) is 2.44. The van der Waals surface area contributed by atoms with Gasteiger partial charge in [-0.15, -0.1) is 11.3 Å². The van der Waals surface area contributed by atoms with Crippen LogP contribution in [0.5, 0.6) is 5.88 Å². The summed E-state index contributed by atoms with van der Waals surface area (Å²) in [6.07, 6.45) is 4.34. The number of nitrogens with zero attached hydrogens (tertiary/aromatic N) is 5. The number of pyridine rings is 1. The van der Waals surface area contributed by atoms with Gasteiger partial charge in [-0.25, -0.2) is 14.5 Å². The Morgan fingerprint density at radius 1 is 1.33 bits per heavy atom. The first-order valence-corrected chi connectivity index (χ1v) is 8.53. The molecule has 0 amide bonds. The number of nitrogens with one attached hydrogen (secondary N) is 1. The second-order valence-electron chi connectivity index (χ2n) is 5.33. The molecule has 1 N–H and O–H groups in total. The Morgan fingerprint density at radius 2 is 2.25 bits per heavy atom. The van der Waals surface area contributed by atoms with Gasteiger partial charge < -0.3 is 4.74 Å². The molecule has 8 heteroatoms. The van der Waals surface area contributed by atoms with E-state index in [4.69, 9.17) is 9.72 Å². The van der Waals surface area contributed by atoms with Crippen LogP contribution in [0.2, 0.25) is 0 Å². The highest BCUT2D eigenvalue weighted by Crippen LogP contribution is 2.40. The molecule has 0 atom stereocenters. The Hall–Kier alpha value is -2.74. The first kappa shape index (κ1) is 14.8. The molecule has 4 heterocycles. The van der Waals surface area contributed by atoms with Gasteiger partial charge in [-0.2, -0.15) is 10.2 Å². The molecule has 0 aliphatic heterocycles. The van der Waals surface area contributed by atoms with Crippen LogP contribution < -0.4 is 4.74 Å². The molecular weight excluding hydrogens is 324 g/mol. The first-order valence-electron chi connectivity index (χ1n) is 7.71. The molecule has 122 valence electrons. The van der Waals surface area contributed by atoms with Gasteiger partial charge in [0.1, 0.15) is 16.2 Å². The molecule has 0 bridgehead atoms. The fourth-order valence-corrected chi connectivity index (χ4v) is 3.62. The lowest BCUT2D eigenvalue weighted by molar-refractivity contribution is 0.308. The second-order valence-corrected chi connectivity index (χ2v) is 6.33. The Kier molecular flexibility index (Phi) is 3.73. The molecule has 0 fully saturated rings. The van der Waals surface area contributed by atoms with E-state index in [0.29, 0.717) is 18.3 Å². The molecule has 0 aromatic carbocycles. The van der Waals surface area contributed by atoms with Gasteiger partial charge in [0.25, 0.3) is 0 Å². The number of aromatic nitrogens is 6. The highest BCUT2D eigenvalue weighted by Gasteiger charge is 2.21. The fraction of sp³-hybridized carbons (Fsp3) is 0.250. The SMILES string of the molecule is CCCOc1nc(-c2c(C)nn3ccccc23)sc1-c1ncn[nH]1. The van der Waals surface area contributed by atoms with Crippen LogP contribution in [0, 0.1) is 6.92 Å². The minimum Gasteiger partial charge on any atom is -0.477 e. The normalized spacial score (nSPS) is 11.2. The van der Waals surface area contributed by atoms with Gasteiger partial charge in [-0.1, -0.05) is 13.0 Å². The quantitative estimate of drug-likeness (QED) is 0.602. The average Bonchev–Trinajstić information content (AvgIpc) is 3.29. The summed E-state index contributed by atoms with van der Waals surface area (Å²) < 4.78 is 7.69. The lowest BCUT2D eigenvalue weighted by Crippen LogP contribution is -1.96. The van der Waals surface area contributed by atoms with E-state index in [1.54, 1.807) is 0 Å². The zero-order valence-electron chi connectivity index (χ0n) is 13.4. The topological polar surface area (TPSA) is 81.0 Å². The molecule has 7 nitrogen and oxygen atoms in total. The molecule has 4 aromatic rings. The van der Waals surface area contributed by atoms with Crippen molar-refractivity contribution in [1.82, 2.24) is 29.8 Å². The number of aryl methyl sites for hydroxylation is 1. The van der Waals surface area contributed by atoms with Crippen molar-refractivity contribution in [2.45, 2.75) is 20.3 Å². The van der Waals surface area contributed by atoms with Crippen LogP contribution >= 0.6 is 11.3 Å². The first-order chi connectivity index (χ1) is 11.8. The van der Waals surface area contributed by atoms with E-state index in [9.17, 15) is 0 Å². The van der Waals surface area contributed by atoms with Gasteiger partial charge in [0.05, 0.1) is 23.4 Å². The van der Waals surface area contributed by atoms with Gasteiger partial charge in [-0.3, -0.25) is 5.10 Å². The predicted octanol–water partition coefficient (Wildman–Crippen LogP) is 3.34. The zero-order valence-corrected chi connectivity index (χ0v) is 14.2. The number of aromatic amines is 1. The van der Waals surface area contributed by atoms with Gasteiger partial charge in [0.2, 0.25) is 5.88 Å². The van der Waals surface area contributed by atoms with Crippen LogP contribution in [-0.4, -0.2) is 36.4 Å². The maximum Gasteiger partial charge on any atom is 0.236 e. The summed E-state index contributed by atoms with van der Waals surface area (Å²) in [5, 5.41) is 12.2. The molecule has 0 saturated carbocycles. The largest absolute Gasteiger partial charge is 0.477 e. The van der Waals surface area contributed by atoms with Crippen molar-refractivity contribution in [1.29, 1.82) is 0 Å². The van der Waals surface area contributed by atoms with Gasteiger partial charge in [-0.05, 0) is 25.5 Å². The van der Waals surface area contributed by atoms with Crippen LogP contribution in [0.25, 0.3) is 26.8 Å². The van der Waals surface area contributed by atoms with Crippen LogP contribution in [-0.2, 0) is 0 Å². The second kappa shape index (κ2) is 6.04. The molecule has 4 rings (SSSR count). The molecule has 4 aromatic heterocycles. The van der Waals surface area contributed by atoms with E-state index in [2.05, 4.69) is 27.2 Å². The number of thiazole rings is 1. The van der Waals surface area contributed by atoms with E-state index >= 15 is 0 Å². The van der Waals surface area contributed by atoms with Gasteiger partial charge in [0.15, 0.2) is 5.82 Å². The standard InChI is InChI=1S/C16H16N6OS/c1-3-8-23-15-13(14-17-9-18-20-14)24-16(19-15)12-10(2)21-22-7-5-4-6-11(12)22/h4-7,9H,3,8H2,1-2H3,(H,17,18,20). The molecule has 0 spiro atoms. The smallest absolute Gasteiger partial charge is 0.236 e. The molecule has 24 heavy (non-hydrogen) atoms. The summed E-state index contributed by atoms with van der Waals surface area (Å²) in [5.41, 5.74) is 2.98. The summed E-state index contributed by atoms with van der Waals surface area (Å²) in [7, 11) is 0. The molecule has 0 aliphatic rings. The maximum atomic E-state index is 5.83. The number of hydrogen-bond acceptors (Lipinski definition) is 6. The minimum atomic E-state index is 0.586. The van der Waals surface area contributed by atoms with Crippen molar-refractivity contribution in [3.05, 3.63) is 36.4 Å². The van der Waals surface area contributed by atoms with E-state index in [1.165, 1.54) is 17.7 Å². The van der Waals surface area contributed by atoms with Crippen LogP contribution in [0.1, 0.15) is 19.0 Å². The number of H-pyrrole nitrogens is 1. The Bertz CT molecular complexity index is 972. The van der Waals surface area contributed by atoms with Gasteiger partial charge in [0, 0.05) is 6.20 Å². The van der Waals surface area contributed by atoms with Crippen molar-refractivity contribution >= 4 is 16.9 Å². The number of hydrogen-bond donors (Lipinski definition) is 1. The molecule has 0 radical (unpaired) electrons. The van der Waals surface area contributed by atoms with Crippen molar-refractivity contribution < 1.29 is 4.74 Å². The summed E-state index contributed by atoms with van der Waals surface area (Å²) in [5.74, 6) is 1.25. The highest BCUT2D eigenvalue weighted by molar-refractivity contribution is 7.18. The van der Waals surface area contributed by atoms with Gasteiger partial charge >= 0.3 is 0 Å². The van der Waals surface area contributed by atoms with Crippen LogP contribution in [0.4, 0.5) is 0 Å². The number of rotatable bonds is 5. The lowest BCUT2D eigenvalue weighted by atomic mass is 10.2. The minimum absolute atomic E-state index is 0.586. The monoisotopic (exact) mass is 340 g/mol. The maximum absolute atomic E-state index is 5.83. The lowest BCUT2D eigenvalue weighted by Gasteiger charge is -2.01. The predicted molar refractivity (Wildman–Crippen MR) is 92.2 cm³/mol. The molecular formula is C16H16N6OS. The van der Waals surface area contributed by atoms with Crippen LogP contribution in [0.15, 0.2) is 30.7 Å². The summed E-state index contributed by atoms with van der Waals surface area (Å²) in [6.45, 7) is 4.67. The van der Waals surface area contributed by atoms with Crippen molar-refractivity contribution in [3.63, 3.8) is 0 Å². The summed E-state index contributed by atoms with van der Waals surface area (Å²) >= 11 is 1.53. The average molecular weight is 340 g/mol. The summed E-state index contributed by atoms with van der Waals surface area (Å²) in [4.78, 5) is 9.80. The third-order valence-electron chi connectivity index (χ3n) is 3.60. The van der Waals surface area contributed by atoms with E-state index in [-0.39, 0.29) is 0 Å². The van der Waals surface area contributed by atoms with E-state index < -0.39 is 0 Å². The fourth-order valence-electron chi connectivity index (χ4n) is 2.56. The molecule has 0 unspecified atom stereocenters. The van der Waals surface area contributed by atoms with E-state index in [0.717, 1.165) is 33.1 Å².